The molecule has 2 fully saturated rings. The molecular formula is C35H50N4O8. The number of rotatable bonds is 12. The van der Waals surface area contributed by atoms with E-state index in [1.54, 1.807) is 22.9 Å². The molecule has 1 saturated heterocycles. The van der Waals surface area contributed by atoms with Gasteiger partial charge in [0.25, 0.3) is 0 Å². The van der Waals surface area contributed by atoms with Crippen molar-refractivity contribution in [1.82, 2.24) is 15.0 Å². The fraction of sp³-hybridized carbons (Fsp3) is 0.686. The van der Waals surface area contributed by atoms with Gasteiger partial charge < -0.3 is 39.5 Å². The van der Waals surface area contributed by atoms with Crippen molar-refractivity contribution < 1.29 is 39.5 Å². The molecule has 1 aromatic carbocycles. The molecule has 2 aliphatic carbocycles. The number of benzene rings is 1. The zero-order valence-electron chi connectivity index (χ0n) is 27.8. The van der Waals surface area contributed by atoms with E-state index in [4.69, 9.17) is 24.2 Å². The minimum absolute atomic E-state index is 0.0515. The molecule has 258 valence electrons. The molecule has 0 spiro atoms. The molecule has 4 N–H and O–H groups in total. The Labute approximate surface area is 276 Å². The van der Waals surface area contributed by atoms with Crippen molar-refractivity contribution in [2.24, 2.45) is 22.9 Å². The van der Waals surface area contributed by atoms with E-state index in [0.29, 0.717) is 36.8 Å². The summed E-state index contributed by atoms with van der Waals surface area (Å²) in [5, 5.41) is 56.4. The van der Waals surface area contributed by atoms with Crippen molar-refractivity contribution in [3.05, 3.63) is 41.6 Å². The van der Waals surface area contributed by atoms with E-state index >= 15 is 0 Å². The summed E-state index contributed by atoms with van der Waals surface area (Å²) in [6.07, 6.45) is 10.9. The monoisotopic (exact) mass is 654 g/mol. The summed E-state index contributed by atoms with van der Waals surface area (Å²) < 4.78 is 20.4. The smallest absolute Gasteiger partial charge is 0.238 e. The molecule has 2 aromatic rings. The van der Waals surface area contributed by atoms with Crippen LogP contribution >= 0.6 is 0 Å². The number of phenolic OH excluding ortho intramolecular Hbond substituents is 1. The number of aromatic nitrogens is 3. The summed E-state index contributed by atoms with van der Waals surface area (Å²) >= 11 is 0. The summed E-state index contributed by atoms with van der Waals surface area (Å²) in [7, 11) is 0. The Kier molecular flexibility index (Phi) is 10.1. The number of nitrogens with zero attached hydrogens (tertiary/aromatic N) is 4. The van der Waals surface area contributed by atoms with Crippen molar-refractivity contribution >= 4 is 5.71 Å². The first kappa shape index (κ1) is 33.7. The lowest BCUT2D eigenvalue weighted by Gasteiger charge is -2.56. The highest BCUT2D eigenvalue weighted by atomic mass is 16.7. The summed E-state index contributed by atoms with van der Waals surface area (Å²) in [6, 6.07) is 4.26. The molecule has 0 radical (unpaired) electrons. The van der Waals surface area contributed by atoms with Crippen LogP contribution < -0.4 is 9.47 Å². The van der Waals surface area contributed by atoms with Gasteiger partial charge in [-0.15, -0.1) is 5.10 Å². The van der Waals surface area contributed by atoms with Crippen LogP contribution in [0.2, 0.25) is 0 Å². The Morgan fingerprint density at radius 3 is 2.60 bits per heavy atom. The van der Waals surface area contributed by atoms with E-state index in [1.165, 1.54) is 6.20 Å². The first-order valence-corrected chi connectivity index (χ1v) is 17.2. The average Bonchev–Trinajstić information content (AvgIpc) is 3.49. The van der Waals surface area contributed by atoms with Gasteiger partial charge in [-0.25, -0.2) is 4.68 Å². The Morgan fingerprint density at radius 1 is 1.09 bits per heavy atom. The number of allylic oxidation sites excluding steroid dienone is 1. The highest BCUT2D eigenvalue weighted by Gasteiger charge is 2.63. The zero-order chi connectivity index (χ0) is 33.2. The number of aromatic hydroxyl groups is 1. The summed E-state index contributed by atoms with van der Waals surface area (Å²) in [5.74, 6) is -1.49. The van der Waals surface area contributed by atoms with Crippen molar-refractivity contribution in [3.8, 4) is 17.4 Å². The topological polar surface area (TPSA) is 161 Å². The van der Waals surface area contributed by atoms with Crippen LogP contribution in [0.25, 0.3) is 0 Å². The molecule has 12 nitrogen and oxygen atoms in total. The van der Waals surface area contributed by atoms with Gasteiger partial charge in [0.05, 0.1) is 18.2 Å². The number of aliphatic hydroxyl groups is 3. The number of aliphatic hydroxyl groups excluding tert-OH is 2. The molecule has 4 aliphatic rings. The van der Waals surface area contributed by atoms with Crippen LogP contribution in [-0.2, 0) is 9.57 Å². The predicted molar refractivity (Wildman–Crippen MR) is 173 cm³/mol. The maximum absolute atomic E-state index is 13.0. The van der Waals surface area contributed by atoms with Crippen molar-refractivity contribution in [1.29, 1.82) is 0 Å². The van der Waals surface area contributed by atoms with Gasteiger partial charge >= 0.3 is 0 Å². The summed E-state index contributed by atoms with van der Waals surface area (Å²) in [5.41, 5.74) is 1.82. The second-order valence-corrected chi connectivity index (χ2v) is 14.4. The quantitative estimate of drug-likeness (QED) is 0.181. The van der Waals surface area contributed by atoms with Gasteiger partial charge in [-0.3, -0.25) is 0 Å². The molecule has 2 aliphatic heterocycles. The predicted octanol–water partition coefficient (Wildman–Crippen LogP) is 4.98. The van der Waals surface area contributed by atoms with Crippen LogP contribution in [-0.4, -0.2) is 78.6 Å². The minimum Gasteiger partial charge on any atom is -0.508 e. The maximum atomic E-state index is 13.0. The van der Waals surface area contributed by atoms with E-state index in [1.807, 2.05) is 20.8 Å². The maximum Gasteiger partial charge on any atom is 0.238 e. The molecule has 12 heteroatoms. The normalized spacial score (nSPS) is 31.0. The SMILES string of the molecule is CC(C)(C)ON=C1CC(n2nncc2OC2CCCCO2)C2(O)Oc3ccc(O)cc3C3C(CCCCO)C(CCCCO)C=C1C32. The van der Waals surface area contributed by atoms with Gasteiger partial charge in [0.15, 0.2) is 0 Å². The van der Waals surface area contributed by atoms with E-state index < -0.39 is 29.6 Å². The summed E-state index contributed by atoms with van der Waals surface area (Å²) in [6.45, 7) is 6.66. The van der Waals surface area contributed by atoms with Gasteiger partial charge in [0, 0.05) is 37.5 Å². The third-order valence-electron chi connectivity index (χ3n) is 9.92. The lowest BCUT2D eigenvalue weighted by Crippen LogP contribution is -2.62. The number of fused-ring (bicyclic) bond motifs is 2. The van der Waals surface area contributed by atoms with Crippen LogP contribution in [0, 0.1) is 17.8 Å². The second kappa shape index (κ2) is 14.1. The standard InChI is InChI=1S/C35H50N4O8/c1-34(2,3)47-37-27-20-29(39-30(21-36-38-39)45-31-12-6-9-17-44-31)35(43)33-25(27)18-22(10-4-7-15-40)24(11-5-8-16-41)32(33)26-19-23(42)13-14-28(26)46-35/h13-14,18-19,21-22,24,29,31-33,40-43H,4-12,15-17,20H2,1-3H3. The average molecular weight is 655 g/mol. The molecule has 6 rings (SSSR count). The third kappa shape index (κ3) is 7.02. The molecule has 7 atom stereocenters. The number of phenols is 1. The van der Waals surface area contributed by atoms with E-state index in [2.05, 4.69) is 16.4 Å². The molecule has 1 saturated carbocycles. The fourth-order valence-corrected chi connectivity index (χ4v) is 7.87. The molecule has 1 aromatic heterocycles. The number of hydrogen-bond donors (Lipinski definition) is 4. The highest BCUT2D eigenvalue weighted by Crippen LogP contribution is 2.62. The Bertz CT molecular complexity index is 1430. The van der Waals surface area contributed by atoms with Gasteiger partial charge in [0.1, 0.15) is 29.3 Å². The lowest BCUT2D eigenvalue weighted by atomic mass is 9.55. The van der Waals surface area contributed by atoms with E-state index in [9.17, 15) is 20.4 Å². The first-order chi connectivity index (χ1) is 22.6. The van der Waals surface area contributed by atoms with E-state index in [-0.39, 0.29) is 43.1 Å². The van der Waals surface area contributed by atoms with Crippen molar-refractivity contribution in [2.45, 2.75) is 115 Å². The largest absolute Gasteiger partial charge is 0.508 e. The number of hydrogen-bond acceptors (Lipinski definition) is 11. The Balaban J connectivity index is 1.51. The Hall–Kier alpha value is -3.19. The van der Waals surface area contributed by atoms with Crippen LogP contribution in [0.5, 0.6) is 17.4 Å². The molecule has 0 bridgehead atoms. The molecule has 7 unspecified atom stereocenters. The zero-order valence-corrected chi connectivity index (χ0v) is 27.8. The van der Waals surface area contributed by atoms with Crippen LogP contribution in [0.1, 0.15) is 103 Å². The highest BCUT2D eigenvalue weighted by molar-refractivity contribution is 6.02. The molecule has 47 heavy (non-hydrogen) atoms. The minimum atomic E-state index is -1.79. The summed E-state index contributed by atoms with van der Waals surface area (Å²) in [4.78, 5) is 6.05. The lowest BCUT2D eigenvalue weighted by molar-refractivity contribution is -0.226. The third-order valence-corrected chi connectivity index (χ3v) is 9.92. The molecule has 3 heterocycles. The van der Waals surface area contributed by atoms with Crippen molar-refractivity contribution in [2.75, 3.05) is 19.8 Å². The van der Waals surface area contributed by atoms with E-state index in [0.717, 1.165) is 56.1 Å². The van der Waals surface area contributed by atoms with Gasteiger partial charge in [0.2, 0.25) is 18.0 Å². The number of ether oxygens (including phenoxy) is 3. The van der Waals surface area contributed by atoms with Crippen LogP contribution in [0.4, 0.5) is 0 Å². The Morgan fingerprint density at radius 2 is 1.87 bits per heavy atom. The molecule has 0 amide bonds. The number of oxime groups is 1. The van der Waals surface area contributed by atoms with Crippen LogP contribution in [0.3, 0.4) is 0 Å². The van der Waals surface area contributed by atoms with Crippen molar-refractivity contribution in [3.63, 3.8) is 0 Å². The first-order valence-electron chi connectivity index (χ1n) is 17.2. The van der Waals surface area contributed by atoms with Gasteiger partial charge in [-0.1, -0.05) is 29.3 Å². The van der Waals surface area contributed by atoms with Gasteiger partial charge in [-0.05, 0) is 94.9 Å². The second-order valence-electron chi connectivity index (χ2n) is 14.4. The fourth-order valence-electron chi connectivity index (χ4n) is 7.87. The molecular weight excluding hydrogens is 604 g/mol. The number of unbranched alkanes of at least 4 members (excludes halogenated alkanes) is 2. The van der Waals surface area contributed by atoms with Crippen LogP contribution in [0.15, 0.2) is 41.2 Å². The van der Waals surface area contributed by atoms with Gasteiger partial charge in [-0.2, -0.15) is 0 Å².